The lowest BCUT2D eigenvalue weighted by atomic mass is 10.1. The fourth-order valence-corrected chi connectivity index (χ4v) is 2.02. The Morgan fingerprint density at radius 3 is 2.75 bits per heavy atom. The first-order chi connectivity index (χ1) is 9.65. The molecule has 0 amide bonds. The Labute approximate surface area is 117 Å². The van der Waals surface area contributed by atoms with E-state index in [9.17, 15) is 8.78 Å². The maximum atomic E-state index is 12.4. The molecule has 3 N–H and O–H groups in total. The number of nitrogens with one attached hydrogen (secondary N) is 1. The lowest BCUT2D eigenvalue weighted by Crippen LogP contribution is -2.37. The van der Waals surface area contributed by atoms with Crippen LogP contribution in [-0.2, 0) is 11.3 Å². The van der Waals surface area contributed by atoms with Crippen molar-refractivity contribution in [2.24, 2.45) is 10.7 Å². The Bertz CT molecular complexity index is 442. The molecular weight excluding hydrogens is 264 g/mol. The third-order valence-corrected chi connectivity index (χ3v) is 3.20. The van der Waals surface area contributed by atoms with Crippen molar-refractivity contribution in [2.75, 3.05) is 13.2 Å². The van der Waals surface area contributed by atoms with E-state index in [0.29, 0.717) is 19.0 Å². The topological polar surface area (TPSA) is 59.6 Å². The maximum absolute atomic E-state index is 12.4. The molecule has 0 aliphatic carbocycles. The maximum Gasteiger partial charge on any atom is 0.263 e. The lowest BCUT2D eigenvalue weighted by molar-refractivity contribution is 0.114. The quantitative estimate of drug-likeness (QED) is 0.643. The molecule has 1 aliphatic heterocycles. The molecule has 2 rings (SSSR count). The highest BCUT2D eigenvalue weighted by Gasteiger charge is 2.14. The molecule has 1 aromatic carbocycles. The smallest absolute Gasteiger partial charge is 0.263 e. The van der Waals surface area contributed by atoms with Gasteiger partial charge in [-0.05, 0) is 18.4 Å². The minimum atomic E-state index is -2.44. The van der Waals surface area contributed by atoms with Gasteiger partial charge in [0, 0.05) is 18.7 Å². The first-order valence-electron chi connectivity index (χ1n) is 6.67. The Hall–Kier alpha value is -1.69. The van der Waals surface area contributed by atoms with Gasteiger partial charge in [-0.2, -0.15) is 0 Å². The van der Waals surface area contributed by atoms with E-state index in [4.69, 9.17) is 10.5 Å². The number of alkyl halides is 2. The summed E-state index contributed by atoms with van der Waals surface area (Å²) in [6, 6.07) is 6.09. The molecule has 110 valence electrons. The van der Waals surface area contributed by atoms with Crippen molar-refractivity contribution in [2.45, 2.75) is 31.9 Å². The second kappa shape index (κ2) is 7.19. The fourth-order valence-electron chi connectivity index (χ4n) is 2.02. The van der Waals surface area contributed by atoms with Crippen LogP contribution in [0.3, 0.4) is 0 Å². The van der Waals surface area contributed by atoms with Crippen LogP contribution < -0.4 is 11.1 Å². The molecule has 1 aliphatic rings. The van der Waals surface area contributed by atoms with Gasteiger partial charge < -0.3 is 15.8 Å². The van der Waals surface area contributed by atoms with Crippen LogP contribution in [0.5, 0.6) is 0 Å². The third kappa shape index (κ3) is 4.45. The van der Waals surface area contributed by atoms with Gasteiger partial charge in [0.25, 0.3) is 6.43 Å². The van der Waals surface area contributed by atoms with E-state index in [1.54, 1.807) is 12.1 Å². The number of halogens is 2. The van der Waals surface area contributed by atoms with Crippen LogP contribution in [0.25, 0.3) is 0 Å². The lowest BCUT2D eigenvalue weighted by Gasteiger charge is -2.11. The number of hydrogen-bond donors (Lipinski definition) is 2. The van der Waals surface area contributed by atoms with E-state index in [2.05, 4.69) is 10.3 Å². The second-order valence-corrected chi connectivity index (χ2v) is 4.76. The molecule has 0 spiro atoms. The van der Waals surface area contributed by atoms with Gasteiger partial charge in [-0.3, -0.25) is 0 Å². The first kappa shape index (κ1) is 14.7. The molecular formula is C14H19F2N3O. The normalized spacial score (nSPS) is 19.6. The number of ether oxygens (including phenoxy) is 1. The zero-order chi connectivity index (χ0) is 14.4. The van der Waals surface area contributed by atoms with Gasteiger partial charge in [0.1, 0.15) is 0 Å². The summed E-state index contributed by atoms with van der Waals surface area (Å²) < 4.78 is 30.2. The van der Waals surface area contributed by atoms with Gasteiger partial charge in [-0.25, -0.2) is 13.8 Å². The van der Waals surface area contributed by atoms with Gasteiger partial charge in [0.2, 0.25) is 0 Å². The Morgan fingerprint density at radius 2 is 2.15 bits per heavy atom. The van der Waals surface area contributed by atoms with Crippen LogP contribution in [0.1, 0.15) is 30.4 Å². The highest BCUT2D eigenvalue weighted by atomic mass is 19.3. The summed E-state index contributed by atoms with van der Waals surface area (Å²) in [5, 5.41) is 3.01. The molecule has 1 unspecified atom stereocenters. The predicted octanol–water partition coefficient (Wildman–Crippen LogP) is 2.21. The average molecular weight is 283 g/mol. The highest BCUT2D eigenvalue weighted by molar-refractivity contribution is 5.77. The Morgan fingerprint density at radius 1 is 1.40 bits per heavy atom. The van der Waals surface area contributed by atoms with Crippen LogP contribution >= 0.6 is 0 Å². The number of nitrogens with zero attached hydrogens (tertiary/aromatic N) is 1. The van der Waals surface area contributed by atoms with Gasteiger partial charge >= 0.3 is 0 Å². The molecule has 0 saturated carbocycles. The molecule has 1 aromatic rings. The summed E-state index contributed by atoms with van der Waals surface area (Å²) in [4.78, 5) is 4.17. The standard InChI is InChI=1S/C14H19F2N3O/c15-13(16)11-5-3-10(4-6-11)8-18-14(17)19-9-12-2-1-7-20-12/h3-6,12-13H,1-2,7-9H2,(H3,17,18,19). The van der Waals surface area contributed by atoms with E-state index in [-0.39, 0.29) is 11.7 Å². The van der Waals surface area contributed by atoms with Crippen molar-refractivity contribution < 1.29 is 13.5 Å². The molecule has 1 saturated heterocycles. The minimum Gasteiger partial charge on any atom is -0.376 e. The summed E-state index contributed by atoms with van der Waals surface area (Å²) in [5.41, 5.74) is 6.60. The predicted molar refractivity (Wildman–Crippen MR) is 73.7 cm³/mol. The molecule has 20 heavy (non-hydrogen) atoms. The molecule has 1 atom stereocenters. The van der Waals surface area contributed by atoms with Crippen molar-refractivity contribution in [3.05, 3.63) is 35.4 Å². The third-order valence-electron chi connectivity index (χ3n) is 3.20. The van der Waals surface area contributed by atoms with Crippen molar-refractivity contribution in [3.63, 3.8) is 0 Å². The molecule has 1 heterocycles. The zero-order valence-electron chi connectivity index (χ0n) is 11.2. The van der Waals surface area contributed by atoms with Gasteiger partial charge in [0.15, 0.2) is 5.96 Å². The number of guanidine groups is 1. The van der Waals surface area contributed by atoms with Gasteiger partial charge in [-0.1, -0.05) is 24.3 Å². The van der Waals surface area contributed by atoms with Crippen LogP contribution in [0.15, 0.2) is 29.3 Å². The first-order valence-corrected chi connectivity index (χ1v) is 6.67. The molecule has 0 radical (unpaired) electrons. The van der Waals surface area contributed by atoms with Crippen LogP contribution in [0, 0.1) is 0 Å². The number of benzene rings is 1. The van der Waals surface area contributed by atoms with E-state index < -0.39 is 6.43 Å². The van der Waals surface area contributed by atoms with Crippen LogP contribution in [0.4, 0.5) is 8.78 Å². The summed E-state index contributed by atoms with van der Waals surface area (Å²) >= 11 is 0. The fraction of sp³-hybridized carbons (Fsp3) is 0.500. The number of rotatable bonds is 5. The number of nitrogens with two attached hydrogens (primary N) is 1. The largest absolute Gasteiger partial charge is 0.376 e. The van der Waals surface area contributed by atoms with E-state index in [1.165, 1.54) is 12.1 Å². The Kier molecular flexibility index (Phi) is 5.29. The summed E-state index contributed by atoms with van der Waals surface area (Å²) in [5.74, 6) is 0.346. The summed E-state index contributed by atoms with van der Waals surface area (Å²) in [6.45, 7) is 1.83. The van der Waals surface area contributed by atoms with Crippen molar-refractivity contribution >= 4 is 5.96 Å². The van der Waals surface area contributed by atoms with Crippen molar-refractivity contribution in [3.8, 4) is 0 Å². The summed E-state index contributed by atoms with van der Waals surface area (Å²) in [6.07, 6.45) is -0.116. The molecule has 1 fully saturated rings. The van der Waals surface area contributed by atoms with E-state index in [0.717, 1.165) is 25.0 Å². The monoisotopic (exact) mass is 283 g/mol. The number of aliphatic imine (C=N–C) groups is 1. The van der Waals surface area contributed by atoms with Gasteiger partial charge in [-0.15, -0.1) is 0 Å². The molecule has 6 heteroatoms. The molecule has 0 bridgehead atoms. The zero-order valence-corrected chi connectivity index (χ0v) is 11.2. The molecule has 4 nitrogen and oxygen atoms in total. The van der Waals surface area contributed by atoms with Crippen LogP contribution in [-0.4, -0.2) is 25.2 Å². The van der Waals surface area contributed by atoms with Crippen molar-refractivity contribution in [1.82, 2.24) is 5.32 Å². The highest BCUT2D eigenvalue weighted by Crippen LogP contribution is 2.18. The van der Waals surface area contributed by atoms with E-state index >= 15 is 0 Å². The second-order valence-electron chi connectivity index (χ2n) is 4.76. The van der Waals surface area contributed by atoms with Crippen LogP contribution in [0.2, 0.25) is 0 Å². The SMILES string of the molecule is NC(=NCc1ccc(C(F)F)cc1)NCC1CCCO1. The Balaban J connectivity index is 1.78. The van der Waals surface area contributed by atoms with E-state index in [1.807, 2.05) is 0 Å². The molecule has 0 aromatic heterocycles. The average Bonchev–Trinajstić information content (AvgIpc) is 2.96. The number of hydrogen-bond acceptors (Lipinski definition) is 2. The summed E-state index contributed by atoms with van der Waals surface area (Å²) in [7, 11) is 0. The van der Waals surface area contributed by atoms with Gasteiger partial charge in [0.05, 0.1) is 12.6 Å². The van der Waals surface area contributed by atoms with Crippen molar-refractivity contribution in [1.29, 1.82) is 0 Å². The minimum absolute atomic E-state index is 0.0159.